The number of nitrogens with one attached hydrogen (secondary N) is 1. The van der Waals surface area contributed by atoms with Crippen molar-refractivity contribution in [2.45, 2.75) is 13.0 Å². The van der Waals surface area contributed by atoms with Gasteiger partial charge in [-0.3, -0.25) is 14.6 Å². The van der Waals surface area contributed by atoms with E-state index >= 15 is 0 Å². The number of nitrogens with zero attached hydrogens (tertiary/aromatic N) is 2. The molecule has 3 aromatic rings. The van der Waals surface area contributed by atoms with Crippen molar-refractivity contribution >= 4 is 28.3 Å². The Kier molecular flexibility index (Phi) is 4.75. The normalized spacial score (nSPS) is 11.8. The Balaban J connectivity index is 1.80. The van der Waals surface area contributed by atoms with Gasteiger partial charge in [-0.1, -0.05) is 42.5 Å². The summed E-state index contributed by atoms with van der Waals surface area (Å²) in [5, 5.41) is 4.75. The van der Waals surface area contributed by atoms with E-state index in [1.807, 2.05) is 49.4 Å². The van der Waals surface area contributed by atoms with Gasteiger partial charge in [0, 0.05) is 13.2 Å². The van der Waals surface area contributed by atoms with E-state index in [0.29, 0.717) is 5.69 Å². The molecule has 0 fully saturated rings. The fourth-order valence-corrected chi connectivity index (χ4v) is 2.78. The predicted octanol–water partition coefficient (Wildman–Crippen LogP) is 3.39. The van der Waals surface area contributed by atoms with Crippen molar-refractivity contribution in [3.05, 3.63) is 72.6 Å². The number of aromatic nitrogens is 1. The third-order valence-corrected chi connectivity index (χ3v) is 4.29. The topological polar surface area (TPSA) is 62.3 Å². The summed E-state index contributed by atoms with van der Waals surface area (Å²) in [6.07, 6.45) is 3.10. The highest BCUT2D eigenvalue weighted by Gasteiger charge is 2.24. The van der Waals surface area contributed by atoms with Crippen LogP contribution in [0.4, 0.5) is 5.69 Å². The second kappa shape index (κ2) is 7.13. The van der Waals surface area contributed by atoms with Crippen molar-refractivity contribution in [2.75, 3.05) is 12.4 Å². The van der Waals surface area contributed by atoms with Gasteiger partial charge >= 0.3 is 11.8 Å². The molecule has 3 rings (SSSR count). The summed E-state index contributed by atoms with van der Waals surface area (Å²) in [6, 6.07) is 17.1. The maximum Gasteiger partial charge on any atom is 0.313 e. The van der Waals surface area contributed by atoms with Crippen molar-refractivity contribution in [3.63, 3.8) is 0 Å². The van der Waals surface area contributed by atoms with Crippen LogP contribution in [0.15, 0.2) is 67.0 Å². The molecule has 1 aromatic heterocycles. The minimum atomic E-state index is -0.678. The number of carbonyl (C=O) groups excluding carboxylic acids is 2. The van der Waals surface area contributed by atoms with Gasteiger partial charge in [-0.2, -0.15) is 0 Å². The Morgan fingerprint density at radius 3 is 2.56 bits per heavy atom. The summed E-state index contributed by atoms with van der Waals surface area (Å²) in [4.78, 5) is 30.1. The van der Waals surface area contributed by atoms with Gasteiger partial charge in [0.05, 0.1) is 17.9 Å². The van der Waals surface area contributed by atoms with Crippen molar-refractivity contribution in [3.8, 4) is 0 Å². The number of carbonyl (C=O) groups is 2. The monoisotopic (exact) mass is 333 g/mol. The molecule has 0 bridgehead atoms. The van der Waals surface area contributed by atoms with Crippen molar-refractivity contribution < 1.29 is 9.59 Å². The van der Waals surface area contributed by atoms with E-state index in [1.165, 1.54) is 11.1 Å². The third kappa shape index (κ3) is 3.50. The second-order valence-corrected chi connectivity index (χ2v) is 5.86. The van der Waals surface area contributed by atoms with Crippen LogP contribution >= 0.6 is 0 Å². The van der Waals surface area contributed by atoms with Gasteiger partial charge in [-0.25, -0.2) is 0 Å². The molecule has 0 saturated heterocycles. The van der Waals surface area contributed by atoms with Crippen LogP contribution in [-0.4, -0.2) is 28.7 Å². The minimum absolute atomic E-state index is 0.238. The molecule has 1 heterocycles. The largest absolute Gasteiger partial charge is 0.331 e. The number of anilines is 1. The fraction of sp³-hybridized carbons (Fsp3) is 0.150. The van der Waals surface area contributed by atoms with Gasteiger partial charge in [0.15, 0.2) is 0 Å². The summed E-state index contributed by atoms with van der Waals surface area (Å²) in [6.45, 7) is 1.91. The first kappa shape index (κ1) is 16.6. The molecule has 2 amide bonds. The van der Waals surface area contributed by atoms with Gasteiger partial charge < -0.3 is 10.2 Å². The van der Waals surface area contributed by atoms with Crippen molar-refractivity contribution in [1.82, 2.24) is 9.88 Å². The summed E-state index contributed by atoms with van der Waals surface area (Å²) < 4.78 is 0. The van der Waals surface area contributed by atoms with Gasteiger partial charge in [-0.05, 0) is 35.4 Å². The van der Waals surface area contributed by atoms with E-state index in [4.69, 9.17) is 0 Å². The van der Waals surface area contributed by atoms with E-state index < -0.39 is 11.8 Å². The van der Waals surface area contributed by atoms with Gasteiger partial charge in [0.1, 0.15) is 0 Å². The van der Waals surface area contributed by atoms with Crippen LogP contribution in [-0.2, 0) is 9.59 Å². The Morgan fingerprint density at radius 2 is 1.80 bits per heavy atom. The molecule has 1 unspecified atom stereocenters. The lowest BCUT2D eigenvalue weighted by molar-refractivity contribution is -0.143. The van der Waals surface area contributed by atoms with E-state index in [9.17, 15) is 9.59 Å². The Labute approximate surface area is 146 Å². The quantitative estimate of drug-likeness (QED) is 0.747. The number of fused-ring (bicyclic) bond motifs is 1. The predicted molar refractivity (Wildman–Crippen MR) is 98.0 cm³/mol. The zero-order chi connectivity index (χ0) is 17.8. The fourth-order valence-electron chi connectivity index (χ4n) is 2.78. The number of rotatable bonds is 3. The smallest absolute Gasteiger partial charge is 0.313 e. The average molecular weight is 333 g/mol. The highest BCUT2D eigenvalue weighted by molar-refractivity contribution is 6.39. The molecule has 2 aromatic carbocycles. The lowest BCUT2D eigenvalue weighted by Crippen LogP contribution is -2.38. The molecule has 1 N–H and O–H groups in total. The summed E-state index contributed by atoms with van der Waals surface area (Å²) in [7, 11) is 1.64. The molecular formula is C20H19N3O2. The van der Waals surface area contributed by atoms with Crippen LogP contribution in [0.25, 0.3) is 10.8 Å². The van der Waals surface area contributed by atoms with Crippen molar-refractivity contribution in [1.29, 1.82) is 0 Å². The molecule has 0 radical (unpaired) electrons. The minimum Gasteiger partial charge on any atom is -0.331 e. The van der Waals surface area contributed by atoms with Crippen LogP contribution < -0.4 is 5.32 Å². The van der Waals surface area contributed by atoms with Crippen LogP contribution in [0.5, 0.6) is 0 Å². The summed E-state index contributed by atoms with van der Waals surface area (Å²) in [5.74, 6) is -1.27. The number of amides is 2. The van der Waals surface area contributed by atoms with Crippen LogP contribution in [0.3, 0.4) is 0 Å². The molecule has 5 nitrogen and oxygen atoms in total. The summed E-state index contributed by atoms with van der Waals surface area (Å²) >= 11 is 0. The molecule has 5 heteroatoms. The van der Waals surface area contributed by atoms with E-state index in [2.05, 4.69) is 10.3 Å². The maximum atomic E-state index is 12.5. The van der Waals surface area contributed by atoms with E-state index in [0.717, 1.165) is 16.3 Å². The Hall–Kier alpha value is -3.21. The average Bonchev–Trinajstić information content (AvgIpc) is 2.66. The highest BCUT2D eigenvalue weighted by Crippen LogP contribution is 2.27. The van der Waals surface area contributed by atoms with Crippen molar-refractivity contribution in [2.24, 2.45) is 0 Å². The molecule has 1 atom stereocenters. The third-order valence-electron chi connectivity index (χ3n) is 4.29. The first-order valence-electron chi connectivity index (χ1n) is 8.04. The zero-order valence-electron chi connectivity index (χ0n) is 14.1. The molecular weight excluding hydrogens is 314 g/mol. The Morgan fingerprint density at radius 1 is 1.04 bits per heavy atom. The lowest BCUT2D eigenvalue weighted by Gasteiger charge is -2.25. The standard InChI is InChI=1S/C20H19N3O2/c1-14(17-11-5-8-15-7-3-4-10-18(15)17)23(2)20(25)19(24)22-16-9-6-12-21-13-16/h3-14H,1-2H3,(H,22,24). The van der Waals surface area contributed by atoms with Crippen LogP contribution in [0.2, 0.25) is 0 Å². The van der Waals surface area contributed by atoms with Gasteiger partial charge in [-0.15, -0.1) is 0 Å². The summed E-state index contributed by atoms with van der Waals surface area (Å²) in [5.41, 5.74) is 1.50. The van der Waals surface area contributed by atoms with Gasteiger partial charge in [0.25, 0.3) is 0 Å². The maximum absolute atomic E-state index is 12.5. The number of pyridine rings is 1. The molecule has 0 aliphatic heterocycles. The number of benzene rings is 2. The zero-order valence-corrected chi connectivity index (χ0v) is 14.1. The molecule has 25 heavy (non-hydrogen) atoms. The number of hydrogen-bond donors (Lipinski definition) is 1. The molecule has 126 valence electrons. The Bertz CT molecular complexity index is 904. The van der Waals surface area contributed by atoms with E-state index in [1.54, 1.807) is 25.4 Å². The van der Waals surface area contributed by atoms with Crippen LogP contribution in [0, 0.1) is 0 Å². The lowest BCUT2D eigenvalue weighted by atomic mass is 9.99. The van der Waals surface area contributed by atoms with Crippen LogP contribution in [0.1, 0.15) is 18.5 Å². The number of likely N-dealkylation sites (N-methyl/N-ethyl adjacent to an activating group) is 1. The van der Waals surface area contributed by atoms with Gasteiger partial charge in [0.2, 0.25) is 0 Å². The molecule has 0 spiro atoms. The first-order chi connectivity index (χ1) is 12.1. The number of hydrogen-bond acceptors (Lipinski definition) is 3. The first-order valence-corrected chi connectivity index (χ1v) is 8.04. The second-order valence-electron chi connectivity index (χ2n) is 5.86. The highest BCUT2D eigenvalue weighted by atomic mass is 16.2. The molecule has 0 aliphatic rings. The SMILES string of the molecule is CC(c1cccc2ccccc12)N(C)C(=O)C(=O)Nc1cccnc1. The van der Waals surface area contributed by atoms with E-state index in [-0.39, 0.29) is 6.04 Å². The molecule has 0 aliphatic carbocycles. The molecule has 0 saturated carbocycles.